The lowest BCUT2D eigenvalue weighted by Gasteiger charge is -2.35. The van der Waals surface area contributed by atoms with E-state index < -0.39 is 0 Å². The van der Waals surface area contributed by atoms with E-state index in [1.165, 1.54) is 0 Å². The lowest BCUT2D eigenvalue weighted by Crippen LogP contribution is -2.47. The second-order valence-corrected chi connectivity index (χ2v) is 4.83. The van der Waals surface area contributed by atoms with Gasteiger partial charge in [-0.15, -0.1) is 11.6 Å². The summed E-state index contributed by atoms with van der Waals surface area (Å²) in [6.45, 7) is 4.63. The van der Waals surface area contributed by atoms with Gasteiger partial charge in [0.1, 0.15) is 5.02 Å². The SMILES string of the molecule is COc1ncc(Cl)c(N2CCN(CCCl)CC2)n1. The van der Waals surface area contributed by atoms with Gasteiger partial charge in [0.15, 0.2) is 5.82 Å². The Hall–Kier alpha value is -0.780. The second kappa shape index (κ2) is 6.41. The molecule has 0 aliphatic carbocycles. The zero-order valence-corrected chi connectivity index (χ0v) is 11.8. The molecule has 1 fully saturated rings. The van der Waals surface area contributed by atoms with Crippen LogP contribution in [-0.2, 0) is 0 Å². The van der Waals surface area contributed by atoms with Gasteiger partial charge in [0.2, 0.25) is 0 Å². The molecule has 1 aromatic heterocycles. The molecule has 0 amide bonds. The minimum atomic E-state index is 0.345. The summed E-state index contributed by atoms with van der Waals surface area (Å²) in [5, 5.41) is 0.557. The molecule has 0 spiro atoms. The van der Waals surface area contributed by atoms with Crippen molar-refractivity contribution in [2.24, 2.45) is 0 Å². The Balaban J connectivity index is 2.04. The zero-order valence-electron chi connectivity index (χ0n) is 10.3. The van der Waals surface area contributed by atoms with Crippen LogP contribution in [0.4, 0.5) is 5.82 Å². The molecule has 2 rings (SSSR count). The van der Waals surface area contributed by atoms with Crippen LogP contribution in [0.3, 0.4) is 0 Å². The van der Waals surface area contributed by atoms with Crippen LogP contribution >= 0.6 is 23.2 Å². The molecule has 1 aromatic rings. The number of halogens is 2. The molecular formula is C11H16Cl2N4O. The zero-order chi connectivity index (χ0) is 13.0. The highest BCUT2D eigenvalue weighted by atomic mass is 35.5. The van der Waals surface area contributed by atoms with Crippen molar-refractivity contribution >= 4 is 29.0 Å². The van der Waals surface area contributed by atoms with Gasteiger partial charge in [-0.2, -0.15) is 4.98 Å². The molecule has 18 heavy (non-hydrogen) atoms. The molecule has 0 radical (unpaired) electrons. The summed E-state index contributed by atoms with van der Waals surface area (Å²) in [4.78, 5) is 12.8. The first-order valence-electron chi connectivity index (χ1n) is 5.84. The first-order valence-corrected chi connectivity index (χ1v) is 6.75. The Kier molecular flexibility index (Phi) is 4.86. The van der Waals surface area contributed by atoms with E-state index in [0.29, 0.717) is 16.9 Å². The normalized spacial score (nSPS) is 16.9. The summed E-state index contributed by atoms with van der Waals surface area (Å²) in [6, 6.07) is 0.345. The monoisotopic (exact) mass is 290 g/mol. The molecule has 0 atom stereocenters. The summed E-state index contributed by atoms with van der Waals surface area (Å²) in [5.41, 5.74) is 0. The third kappa shape index (κ3) is 3.16. The van der Waals surface area contributed by atoms with E-state index in [1.54, 1.807) is 13.3 Å². The van der Waals surface area contributed by atoms with Gasteiger partial charge >= 0.3 is 6.01 Å². The highest BCUT2D eigenvalue weighted by Gasteiger charge is 2.20. The largest absolute Gasteiger partial charge is 0.467 e. The van der Waals surface area contributed by atoms with Crippen LogP contribution in [0.1, 0.15) is 0 Å². The van der Waals surface area contributed by atoms with E-state index in [1.807, 2.05) is 0 Å². The molecule has 0 saturated carbocycles. The van der Waals surface area contributed by atoms with Gasteiger partial charge in [-0.3, -0.25) is 4.90 Å². The van der Waals surface area contributed by atoms with E-state index in [2.05, 4.69) is 19.8 Å². The summed E-state index contributed by atoms with van der Waals surface area (Å²) < 4.78 is 5.02. The molecule has 2 heterocycles. The smallest absolute Gasteiger partial charge is 0.318 e. The van der Waals surface area contributed by atoms with Crippen molar-refractivity contribution in [1.29, 1.82) is 0 Å². The third-order valence-electron chi connectivity index (χ3n) is 2.96. The number of piperazine rings is 1. The van der Waals surface area contributed by atoms with Crippen molar-refractivity contribution in [3.63, 3.8) is 0 Å². The van der Waals surface area contributed by atoms with Crippen LogP contribution in [0.15, 0.2) is 6.20 Å². The fourth-order valence-electron chi connectivity index (χ4n) is 1.97. The summed E-state index contributed by atoms with van der Waals surface area (Å²) >= 11 is 11.9. The molecule has 0 aromatic carbocycles. The number of alkyl halides is 1. The maximum Gasteiger partial charge on any atom is 0.318 e. The summed E-state index contributed by atoms with van der Waals surface area (Å²) in [7, 11) is 1.55. The number of anilines is 1. The number of aromatic nitrogens is 2. The number of methoxy groups -OCH3 is 1. The highest BCUT2D eigenvalue weighted by molar-refractivity contribution is 6.32. The van der Waals surface area contributed by atoms with E-state index in [4.69, 9.17) is 27.9 Å². The molecular weight excluding hydrogens is 275 g/mol. The standard InChI is InChI=1S/C11H16Cl2N4O/c1-18-11-14-8-9(13)10(15-11)17-6-4-16(3-2-12)5-7-17/h8H,2-7H2,1H3. The average Bonchev–Trinajstić information content (AvgIpc) is 2.41. The predicted molar refractivity (Wildman–Crippen MR) is 73.0 cm³/mol. The molecule has 1 saturated heterocycles. The molecule has 0 N–H and O–H groups in total. The summed E-state index contributed by atoms with van der Waals surface area (Å²) in [5.74, 6) is 1.41. The van der Waals surface area contributed by atoms with Crippen molar-refractivity contribution in [3.8, 4) is 6.01 Å². The van der Waals surface area contributed by atoms with E-state index in [-0.39, 0.29) is 0 Å². The number of hydrogen-bond acceptors (Lipinski definition) is 5. The molecule has 1 aliphatic heterocycles. The van der Waals surface area contributed by atoms with Crippen LogP contribution < -0.4 is 9.64 Å². The predicted octanol–water partition coefficient (Wildman–Crippen LogP) is 1.50. The molecule has 0 bridgehead atoms. The maximum absolute atomic E-state index is 6.13. The van der Waals surface area contributed by atoms with Crippen molar-refractivity contribution < 1.29 is 4.74 Å². The Bertz CT molecular complexity index is 397. The van der Waals surface area contributed by atoms with Crippen LogP contribution in [0.5, 0.6) is 6.01 Å². The van der Waals surface area contributed by atoms with Crippen LogP contribution in [0.2, 0.25) is 5.02 Å². The van der Waals surface area contributed by atoms with Crippen LogP contribution in [0.25, 0.3) is 0 Å². The Morgan fingerprint density at radius 2 is 2.06 bits per heavy atom. The van der Waals surface area contributed by atoms with Crippen molar-refractivity contribution in [1.82, 2.24) is 14.9 Å². The fourth-order valence-corrected chi connectivity index (χ4v) is 2.42. The quantitative estimate of drug-likeness (QED) is 0.786. The molecule has 0 unspecified atom stereocenters. The Morgan fingerprint density at radius 1 is 1.33 bits per heavy atom. The van der Waals surface area contributed by atoms with E-state index in [9.17, 15) is 0 Å². The van der Waals surface area contributed by atoms with Gasteiger partial charge < -0.3 is 9.64 Å². The van der Waals surface area contributed by atoms with Crippen molar-refractivity contribution in [2.45, 2.75) is 0 Å². The third-order valence-corrected chi connectivity index (χ3v) is 3.39. The number of hydrogen-bond donors (Lipinski definition) is 0. The topological polar surface area (TPSA) is 41.5 Å². The van der Waals surface area contributed by atoms with Crippen LogP contribution in [0, 0.1) is 0 Å². The molecule has 1 aliphatic rings. The number of ether oxygens (including phenoxy) is 1. The number of nitrogens with zero attached hydrogens (tertiary/aromatic N) is 4. The van der Waals surface area contributed by atoms with Crippen LogP contribution in [-0.4, -0.2) is 60.6 Å². The van der Waals surface area contributed by atoms with Crippen molar-refractivity contribution in [3.05, 3.63) is 11.2 Å². The summed E-state index contributed by atoms with van der Waals surface area (Å²) in [6.07, 6.45) is 1.58. The van der Waals surface area contributed by atoms with Gasteiger partial charge in [-0.1, -0.05) is 11.6 Å². The minimum absolute atomic E-state index is 0.345. The first-order chi connectivity index (χ1) is 8.74. The van der Waals surface area contributed by atoms with Gasteiger partial charge in [0.25, 0.3) is 0 Å². The maximum atomic E-state index is 6.13. The molecule has 5 nitrogen and oxygen atoms in total. The molecule has 7 heteroatoms. The Labute approximate surface area is 117 Å². The minimum Gasteiger partial charge on any atom is -0.467 e. The first kappa shape index (κ1) is 13.6. The van der Waals surface area contributed by atoms with Gasteiger partial charge in [-0.05, 0) is 0 Å². The van der Waals surface area contributed by atoms with Crippen molar-refractivity contribution in [2.75, 3.05) is 50.6 Å². The van der Waals surface area contributed by atoms with E-state index >= 15 is 0 Å². The Morgan fingerprint density at radius 3 is 2.67 bits per heavy atom. The van der Waals surface area contributed by atoms with Gasteiger partial charge in [-0.25, -0.2) is 4.98 Å². The van der Waals surface area contributed by atoms with E-state index in [0.717, 1.165) is 38.5 Å². The highest BCUT2D eigenvalue weighted by Crippen LogP contribution is 2.25. The number of rotatable bonds is 4. The second-order valence-electron chi connectivity index (χ2n) is 4.05. The van der Waals surface area contributed by atoms with Gasteiger partial charge in [0, 0.05) is 38.6 Å². The fraction of sp³-hybridized carbons (Fsp3) is 0.636. The lowest BCUT2D eigenvalue weighted by atomic mass is 10.3. The van der Waals surface area contributed by atoms with Gasteiger partial charge in [0.05, 0.1) is 13.3 Å². The lowest BCUT2D eigenvalue weighted by molar-refractivity contribution is 0.271. The average molecular weight is 291 g/mol. The molecule has 100 valence electrons.